The molecular formula is C14H30O. The fourth-order valence-electron chi connectivity index (χ4n) is 1.82. The van der Waals surface area contributed by atoms with E-state index >= 15 is 0 Å². The van der Waals surface area contributed by atoms with E-state index in [9.17, 15) is 5.11 Å². The molecule has 92 valence electrons. The molecule has 3 unspecified atom stereocenters. The fraction of sp³-hybridized carbons (Fsp3) is 1.00. The highest BCUT2D eigenvalue weighted by Gasteiger charge is 2.32. The van der Waals surface area contributed by atoms with Crippen LogP contribution in [0.1, 0.15) is 67.7 Å². The first-order valence-electron chi connectivity index (χ1n) is 6.32. The van der Waals surface area contributed by atoms with Crippen molar-refractivity contribution in [2.24, 2.45) is 17.3 Å². The average molecular weight is 214 g/mol. The molecule has 0 fully saturated rings. The molecule has 0 aliphatic carbocycles. The van der Waals surface area contributed by atoms with E-state index in [1.54, 1.807) is 0 Å². The summed E-state index contributed by atoms with van der Waals surface area (Å²) in [6.07, 6.45) is 3.13. The average Bonchev–Trinajstić information content (AvgIpc) is 2.11. The molecule has 1 N–H and O–H groups in total. The quantitative estimate of drug-likeness (QED) is 0.725. The highest BCUT2D eigenvalue weighted by atomic mass is 16.3. The third-order valence-corrected chi connectivity index (χ3v) is 3.86. The van der Waals surface area contributed by atoms with Crippen LogP contribution in [0.3, 0.4) is 0 Å². The Morgan fingerprint density at radius 2 is 1.47 bits per heavy atom. The Hall–Kier alpha value is -0.0400. The summed E-state index contributed by atoms with van der Waals surface area (Å²) in [5.74, 6) is 0.977. The number of aliphatic hydroxyl groups is 1. The minimum absolute atomic E-state index is 0.319. The summed E-state index contributed by atoms with van der Waals surface area (Å²) in [7, 11) is 0. The Kier molecular flexibility index (Phi) is 5.32. The van der Waals surface area contributed by atoms with Gasteiger partial charge in [-0.2, -0.15) is 0 Å². The van der Waals surface area contributed by atoms with Gasteiger partial charge in [-0.1, -0.05) is 48.0 Å². The fourth-order valence-corrected chi connectivity index (χ4v) is 1.82. The SMILES string of the molecule is CCC(C)C(C)C(C)(O)CCC(C)(C)C. The maximum Gasteiger partial charge on any atom is 0.0647 e. The van der Waals surface area contributed by atoms with Crippen molar-refractivity contribution in [3.63, 3.8) is 0 Å². The normalized spacial score (nSPS) is 20.8. The van der Waals surface area contributed by atoms with Gasteiger partial charge in [0.25, 0.3) is 0 Å². The van der Waals surface area contributed by atoms with Gasteiger partial charge in [0.15, 0.2) is 0 Å². The maximum absolute atomic E-state index is 10.4. The van der Waals surface area contributed by atoms with Crippen LogP contribution in [0.2, 0.25) is 0 Å². The van der Waals surface area contributed by atoms with E-state index in [-0.39, 0.29) is 0 Å². The van der Waals surface area contributed by atoms with Gasteiger partial charge in [0.1, 0.15) is 0 Å². The van der Waals surface area contributed by atoms with Crippen LogP contribution in [0.25, 0.3) is 0 Å². The molecule has 15 heavy (non-hydrogen) atoms. The van der Waals surface area contributed by atoms with Gasteiger partial charge in [-0.15, -0.1) is 0 Å². The third kappa shape index (κ3) is 5.55. The van der Waals surface area contributed by atoms with Gasteiger partial charge >= 0.3 is 0 Å². The molecule has 0 rings (SSSR count). The van der Waals surface area contributed by atoms with Gasteiger partial charge < -0.3 is 5.11 Å². The lowest BCUT2D eigenvalue weighted by molar-refractivity contribution is -0.0308. The van der Waals surface area contributed by atoms with Crippen molar-refractivity contribution in [1.82, 2.24) is 0 Å². The van der Waals surface area contributed by atoms with Crippen LogP contribution in [-0.4, -0.2) is 10.7 Å². The van der Waals surface area contributed by atoms with E-state index in [1.165, 1.54) is 0 Å². The predicted molar refractivity (Wildman–Crippen MR) is 67.9 cm³/mol. The van der Waals surface area contributed by atoms with Crippen molar-refractivity contribution < 1.29 is 5.11 Å². The molecule has 0 radical (unpaired) electrons. The molecule has 0 aliphatic rings. The summed E-state index contributed by atoms with van der Waals surface area (Å²) in [4.78, 5) is 0. The zero-order chi connectivity index (χ0) is 12.3. The summed E-state index contributed by atoms with van der Waals surface area (Å²) >= 11 is 0. The standard InChI is InChI=1S/C14H30O/c1-8-11(2)12(3)14(7,15)10-9-13(4,5)6/h11-12,15H,8-10H2,1-7H3. The molecule has 1 heteroatoms. The van der Waals surface area contributed by atoms with Gasteiger partial charge in [0, 0.05) is 0 Å². The molecule has 0 bridgehead atoms. The summed E-state index contributed by atoms with van der Waals surface area (Å²) in [6, 6.07) is 0. The number of hydrogen-bond donors (Lipinski definition) is 1. The van der Waals surface area contributed by atoms with Crippen LogP contribution < -0.4 is 0 Å². The Morgan fingerprint density at radius 1 is 1.00 bits per heavy atom. The number of hydrogen-bond acceptors (Lipinski definition) is 1. The van der Waals surface area contributed by atoms with Gasteiger partial charge in [0.2, 0.25) is 0 Å². The van der Waals surface area contributed by atoms with Crippen molar-refractivity contribution in [1.29, 1.82) is 0 Å². The van der Waals surface area contributed by atoms with E-state index in [0.717, 1.165) is 19.3 Å². The van der Waals surface area contributed by atoms with Crippen molar-refractivity contribution in [3.8, 4) is 0 Å². The van der Waals surface area contributed by atoms with Crippen molar-refractivity contribution in [2.75, 3.05) is 0 Å². The van der Waals surface area contributed by atoms with Crippen molar-refractivity contribution >= 4 is 0 Å². The predicted octanol–water partition coefficient (Wildman–Crippen LogP) is 4.25. The minimum atomic E-state index is -0.511. The lowest BCUT2D eigenvalue weighted by atomic mass is 9.75. The monoisotopic (exact) mass is 214 g/mol. The zero-order valence-electron chi connectivity index (χ0n) is 11.7. The second-order valence-corrected chi connectivity index (χ2v) is 6.59. The lowest BCUT2D eigenvalue weighted by Gasteiger charge is -2.36. The molecule has 0 spiro atoms. The summed E-state index contributed by atoms with van der Waals surface area (Å²) in [5, 5.41) is 10.4. The second-order valence-electron chi connectivity index (χ2n) is 6.59. The Morgan fingerprint density at radius 3 is 1.80 bits per heavy atom. The smallest absolute Gasteiger partial charge is 0.0647 e. The first kappa shape index (κ1) is 15.0. The molecule has 1 nitrogen and oxygen atoms in total. The summed E-state index contributed by atoms with van der Waals surface area (Å²) in [5.41, 5.74) is -0.193. The number of rotatable bonds is 5. The summed E-state index contributed by atoms with van der Waals surface area (Å²) < 4.78 is 0. The van der Waals surface area contributed by atoms with E-state index in [2.05, 4.69) is 41.5 Å². The van der Waals surface area contributed by atoms with Crippen LogP contribution >= 0.6 is 0 Å². The van der Waals surface area contributed by atoms with Gasteiger partial charge in [-0.25, -0.2) is 0 Å². The molecule has 0 aromatic rings. The highest BCUT2D eigenvalue weighted by molar-refractivity contribution is 4.83. The van der Waals surface area contributed by atoms with E-state index in [0.29, 0.717) is 17.3 Å². The third-order valence-electron chi connectivity index (χ3n) is 3.86. The first-order valence-corrected chi connectivity index (χ1v) is 6.32. The van der Waals surface area contributed by atoms with Crippen LogP contribution in [0.4, 0.5) is 0 Å². The largest absolute Gasteiger partial charge is 0.390 e. The molecule has 0 saturated carbocycles. The van der Waals surface area contributed by atoms with E-state index in [4.69, 9.17) is 0 Å². The van der Waals surface area contributed by atoms with E-state index in [1.807, 2.05) is 6.92 Å². The Balaban J connectivity index is 4.28. The van der Waals surface area contributed by atoms with Crippen LogP contribution in [0.5, 0.6) is 0 Å². The first-order chi connectivity index (χ1) is 6.60. The molecule has 0 heterocycles. The molecule has 3 atom stereocenters. The van der Waals surface area contributed by atoms with E-state index < -0.39 is 5.60 Å². The molecule has 0 aromatic heterocycles. The van der Waals surface area contributed by atoms with Crippen LogP contribution in [0, 0.1) is 17.3 Å². The maximum atomic E-state index is 10.4. The molecule has 0 aromatic carbocycles. The molecule has 0 aliphatic heterocycles. The summed E-state index contributed by atoms with van der Waals surface area (Å²) in [6.45, 7) is 15.3. The molecular weight excluding hydrogens is 184 g/mol. The van der Waals surface area contributed by atoms with Crippen molar-refractivity contribution in [2.45, 2.75) is 73.3 Å². The Bertz CT molecular complexity index is 176. The molecule has 0 saturated heterocycles. The van der Waals surface area contributed by atoms with Gasteiger partial charge in [0.05, 0.1) is 5.60 Å². The second kappa shape index (κ2) is 5.34. The van der Waals surface area contributed by atoms with Crippen molar-refractivity contribution in [3.05, 3.63) is 0 Å². The van der Waals surface area contributed by atoms with Gasteiger partial charge in [-0.05, 0) is 37.0 Å². The van der Waals surface area contributed by atoms with Gasteiger partial charge in [-0.3, -0.25) is 0 Å². The Labute approximate surface area is 96.3 Å². The van der Waals surface area contributed by atoms with Crippen LogP contribution in [-0.2, 0) is 0 Å². The topological polar surface area (TPSA) is 20.2 Å². The van der Waals surface area contributed by atoms with Crippen LogP contribution in [0.15, 0.2) is 0 Å². The minimum Gasteiger partial charge on any atom is -0.390 e. The highest BCUT2D eigenvalue weighted by Crippen LogP contribution is 2.33. The zero-order valence-corrected chi connectivity index (χ0v) is 11.7. The lowest BCUT2D eigenvalue weighted by Crippen LogP contribution is -2.37. The molecule has 0 amide bonds.